The Hall–Kier alpha value is -3.50. The van der Waals surface area contributed by atoms with E-state index in [0.717, 1.165) is 12.1 Å². The third kappa shape index (κ3) is 4.39. The Bertz CT molecular complexity index is 998. The summed E-state index contributed by atoms with van der Waals surface area (Å²) in [7, 11) is 0. The molecule has 1 aliphatic rings. The van der Waals surface area contributed by atoms with Gasteiger partial charge in [0.25, 0.3) is 0 Å². The second-order valence-corrected chi connectivity index (χ2v) is 6.83. The van der Waals surface area contributed by atoms with Gasteiger partial charge < -0.3 is 9.80 Å². The summed E-state index contributed by atoms with van der Waals surface area (Å²) in [6.07, 6.45) is -1.55. The Balaban J connectivity index is 1.33. The lowest BCUT2D eigenvalue weighted by Gasteiger charge is -2.35. The van der Waals surface area contributed by atoms with Crippen molar-refractivity contribution in [3.05, 3.63) is 60.2 Å². The molecule has 0 unspecified atom stereocenters. The lowest BCUT2D eigenvalue weighted by molar-refractivity contribution is -0.138. The van der Waals surface area contributed by atoms with Crippen LogP contribution in [0.5, 0.6) is 0 Å². The van der Waals surface area contributed by atoms with Crippen molar-refractivity contribution >= 4 is 11.7 Å². The summed E-state index contributed by atoms with van der Waals surface area (Å²) in [4.78, 5) is 20.1. The van der Waals surface area contributed by atoms with E-state index in [1.54, 1.807) is 11.0 Å². The van der Waals surface area contributed by atoms with Crippen LogP contribution in [0.3, 0.4) is 0 Å². The first kappa shape index (κ1) is 19.8. The largest absolute Gasteiger partial charge is 0.416 e. The fourth-order valence-electron chi connectivity index (χ4n) is 3.26. The lowest BCUT2D eigenvalue weighted by Crippen LogP contribution is -2.49. The summed E-state index contributed by atoms with van der Waals surface area (Å²) in [6.45, 7) is 2.05. The molecule has 2 aromatic heterocycles. The van der Waals surface area contributed by atoms with Crippen molar-refractivity contribution in [2.45, 2.75) is 12.6 Å². The molecule has 0 atom stereocenters. The highest BCUT2D eigenvalue weighted by Gasteiger charge is 2.30. The molecule has 30 heavy (non-hydrogen) atoms. The number of hydrogen-bond acceptors (Lipinski definition) is 6. The van der Waals surface area contributed by atoms with Gasteiger partial charge in [-0.25, -0.2) is 9.67 Å². The van der Waals surface area contributed by atoms with E-state index in [1.165, 1.54) is 29.5 Å². The number of anilines is 1. The van der Waals surface area contributed by atoms with Crippen LogP contribution in [0.25, 0.3) is 5.82 Å². The molecule has 0 bridgehead atoms. The predicted octanol–water partition coefficient (Wildman–Crippen LogP) is 1.97. The molecule has 0 radical (unpaired) electrons. The molecule has 4 rings (SSSR count). The van der Waals surface area contributed by atoms with E-state index in [0.29, 0.717) is 43.4 Å². The van der Waals surface area contributed by atoms with Gasteiger partial charge in [0.2, 0.25) is 5.91 Å². The maximum Gasteiger partial charge on any atom is 0.416 e. The summed E-state index contributed by atoms with van der Waals surface area (Å²) < 4.78 is 40.0. The topological polar surface area (TPSA) is 80.0 Å². The minimum Gasteiger partial charge on any atom is -0.352 e. The Kier molecular flexibility index (Phi) is 5.34. The number of hydrogen-bond donors (Lipinski definition) is 0. The van der Waals surface area contributed by atoms with E-state index in [2.05, 4.69) is 20.3 Å². The van der Waals surface area contributed by atoms with Crippen LogP contribution in [0.1, 0.15) is 11.1 Å². The number of carbonyl (C=O) groups is 1. The van der Waals surface area contributed by atoms with Gasteiger partial charge >= 0.3 is 6.18 Å². The van der Waals surface area contributed by atoms with Gasteiger partial charge in [-0.15, -0.1) is 10.2 Å². The highest BCUT2D eigenvalue weighted by atomic mass is 19.4. The Morgan fingerprint density at radius 2 is 1.73 bits per heavy atom. The van der Waals surface area contributed by atoms with Gasteiger partial charge in [-0.1, -0.05) is 18.2 Å². The van der Waals surface area contributed by atoms with Gasteiger partial charge in [-0.3, -0.25) is 4.79 Å². The Labute approximate surface area is 170 Å². The summed E-state index contributed by atoms with van der Waals surface area (Å²) in [5.74, 6) is 1.04. The summed E-state index contributed by atoms with van der Waals surface area (Å²) in [5, 5.41) is 12.3. The first-order valence-electron chi connectivity index (χ1n) is 9.28. The minimum absolute atomic E-state index is 0.0592. The van der Waals surface area contributed by atoms with E-state index >= 15 is 0 Å². The van der Waals surface area contributed by atoms with Crippen molar-refractivity contribution in [2.24, 2.45) is 0 Å². The molecule has 1 fully saturated rings. The van der Waals surface area contributed by atoms with Gasteiger partial charge in [0, 0.05) is 26.2 Å². The molecule has 156 valence electrons. The summed E-state index contributed by atoms with van der Waals surface area (Å²) in [6, 6.07) is 8.50. The number of piperazine rings is 1. The highest BCUT2D eigenvalue weighted by molar-refractivity contribution is 5.79. The molecule has 3 heterocycles. The monoisotopic (exact) mass is 417 g/mol. The lowest BCUT2D eigenvalue weighted by atomic mass is 10.1. The number of aromatic nitrogens is 5. The second kappa shape index (κ2) is 8.09. The maximum atomic E-state index is 12.8. The van der Waals surface area contributed by atoms with Crippen LogP contribution in [-0.4, -0.2) is 61.9 Å². The van der Waals surface area contributed by atoms with E-state index in [1.807, 2.05) is 11.0 Å². The number of nitrogens with zero attached hydrogens (tertiary/aromatic N) is 7. The molecular weight excluding hydrogens is 399 g/mol. The minimum atomic E-state index is -4.42. The molecule has 1 saturated heterocycles. The third-order valence-corrected chi connectivity index (χ3v) is 4.86. The van der Waals surface area contributed by atoms with Crippen LogP contribution in [-0.2, 0) is 17.4 Å². The normalized spacial score (nSPS) is 14.8. The fourth-order valence-corrected chi connectivity index (χ4v) is 3.26. The number of carbonyl (C=O) groups excluding carboxylic acids is 1. The number of rotatable bonds is 4. The molecule has 0 aliphatic carbocycles. The average Bonchev–Trinajstić information content (AvgIpc) is 3.28. The van der Waals surface area contributed by atoms with Crippen LogP contribution < -0.4 is 4.90 Å². The smallest absolute Gasteiger partial charge is 0.352 e. The van der Waals surface area contributed by atoms with Crippen molar-refractivity contribution < 1.29 is 18.0 Å². The maximum absolute atomic E-state index is 12.8. The molecule has 0 N–H and O–H groups in total. The Morgan fingerprint density at radius 1 is 1.00 bits per heavy atom. The van der Waals surface area contributed by atoms with Crippen LogP contribution >= 0.6 is 0 Å². The van der Waals surface area contributed by atoms with Crippen LogP contribution in [0, 0.1) is 0 Å². The number of benzene rings is 1. The molecule has 11 heteroatoms. The van der Waals surface area contributed by atoms with E-state index in [9.17, 15) is 18.0 Å². The zero-order valence-corrected chi connectivity index (χ0v) is 15.8. The van der Waals surface area contributed by atoms with Gasteiger partial charge in [0.15, 0.2) is 11.6 Å². The summed E-state index contributed by atoms with van der Waals surface area (Å²) >= 11 is 0. The second-order valence-electron chi connectivity index (χ2n) is 6.83. The van der Waals surface area contributed by atoms with E-state index < -0.39 is 11.7 Å². The quantitative estimate of drug-likeness (QED) is 0.646. The number of alkyl halides is 3. The molecule has 0 spiro atoms. The van der Waals surface area contributed by atoms with Gasteiger partial charge in [-0.2, -0.15) is 18.3 Å². The van der Waals surface area contributed by atoms with E-state index in [-0.39, 0.29) is 12.3 Å². The number of amides is 1. The first-order valence-corrected chi connectivity index (χ1v) is 9.28. The molecule has 3 aromatic rings. The van der Waals surface area contributed by atoms with Crippen molar-refractivity contribution in [2.75, 3.05) is 31.1 Å². The van der Waals surface area contributed by atoms with Crippen molar-refractivity contribution in [3.63, 3.8) is 0 Å². The van der Waals surface area contributed by atoms with Gasteiger partial charge in [0.05, 0.1) is 12.0 Å². The molecule has 1 amide bonds. The van der Waals surface area contributed by atoms with Crippen molar-refractivity contribution in [1.29, 1.82) is 0 Å². The van der Waals surface area contributed by atoms with Crippen LogP contribution in [0.4, 0.5) is 19.0 Å². The Morgan fingerprint density at radius 3 is 2.37 bits per heavy atom. The van der Waals surface area contributed by atoms with Gasteiger partial charge in [-0.05, 0) is 23.8 Å². The molecule has 1 aromatic carbocycles. The van der Waals surface area contributed by atoms with Gasteiger partial charge in [0.1, 0.15) is 12.7 Å². The highest BCUT2D eigenvalue weighted by Crippen LogP contribution is 2.29. The fraction of sp³-hybridized carbons (Fsp3) is 0.316. The standard InChI is InChI=1S/C19H18F3N7O/c20-19(21,22)15-3-1-2-14(10-15)11-18(30)28-8-6-27(7-9-28)16-4-5-17(26-25-16)29-13-23-12-24-29/h1-5,10,12-13H,6-9,11H2. The number of halogens is 3. The average molecular weight is 417 g/mol. The van der Waals surface area contributed by atoms with Crippen LogP contribution in [0.15, 0.2) is 49.1 Å². The third-order valence-electron chi connectivity index (χ3n) is 4.86. The predicted molar refractivity (Wildman–Crippen MR) is 101 cm³/mol. The zero-order valence-electron chi connectivity index (χ0n) is 15.8. The van der Waals surface area contributed by atoms with Crippen molar-refractivity contribution in [1.82, 2.24) is 29.9 Å². The molecular formula is C19H18F3N7O. The molecule has 0 saturated carbocycles. The van der Waals surface area contributed by atoms with E-state index in [4.69, 9.17) is 0 Å². The van der Waals surface area contributed by atoms with Crippen molar-refractivity contribution in [3.8, 4) is 5.82 Å². The first-order chi connectivity index (χ1) is 14.4. The summed E-state index contributed by atoms with van der Waals surface area (Å²) in [5.41, 5.74) is -0.391. The van der Waals surface area contributed by atoms with Crippen LogP contribution in [0.2, 0.25) is 0 Å². The SMILES string of the molecule is O=C(Cc1cccc(C(F)(F)F)c1)N1CCN(c2ccc(-n3cncn3)nn2)CC1. The zero-order chi connectivity index (χ0) is 21.1. The molecule has 8 nitrogen and oxygen atoms in total. The molecule has 1 aliphatic heterocycles.